The molecule has 1 atom stereocenters. The van der Waals surface area contributed by atoms with Gasteiger partial charge in [0.15, 0.2) is 5.96 Å². The first kappa shape index (κ1) is 22.6. The van der Waals surface area contributed by atoms with Gasteiger partial charge in [-0.25, -0.2) is 4.98 Å². The fourth-order valence-electron chi connectivity index (χ4n) is 3.30. The zero-order valence-electron chi connectivity index (χ0n) is 15.7. The molecule has 25 heavy (non-hydrogen) atoms. The first-order valence-electron chi connectivity index (χ1n) is 9.26. The van der Waals surface area contributed by atoms with E-state index >= 15 is 0 Å². The third-order valence-electron chi connectivity index (χ3n) is 4.61. The Labute approximate surface area is 173 Å². The highest BCUT2D eigenvalue weighted by Gasteiger charge is 2.25. The molecular weight excluding hydrogens is 447 g/mol. The van der Waals surface area contributed by atoms with Crippen LogP contribution in [0.15, 0.2) is 11.2 Å². The lowest BCUT2D eigenvalue weighted by Crippen LogP contribution is -2.39. The summed E-state index contributed by atoms with van der Waals surface area (Å²) in [6.45, 7) is 6.66. The van der Waals surface area contributed by atoms with Crippen LogP contribution >= 0.6 is 35.3 Å². The molecule has 1 unspecified atom stereocenters. The number of ether oxygens (including phenoxy) is 1. The molecule has 1 heterocycles. The van der Waals surface area contributed by atoms with Crippen molar-refractivity contribution in [1.82, 2.24) is 15.6 Å². The second-order valence-corrected chi connectivity index (χ2v) is 7.45. The van der Waals surface area contributed by atoms with Crippen LogP contribution in [0.25, 0.3) is 0 Å². The Balaban J connectivity index is 0.00000312. The molecule has 7 heteroatoms. The lowest BCUT2D eigenvalue weighted by molar-refractivity contribution is 0.0169. The Morgan fingerprint density at radius 2 is 2.12 bits per heavy atom. The Kier molecular flexibility index (Phi) is 11.6. The van der Waals surface area contributed by atoms with Crippen molar-refractivity contribution in [2.75, 3.05) is 20.2 Å². The van der Waals surface area contributed by atoms with Gasteiger partial charge >= 0.3 is 0 Å². The number of aliphatic imine (C=N–C) groups is 1. The molecule has 0 saturated heterocycles. The number of aromatic nitrogens is 1. The van der Waals surface area contributed by atoms with E-state index in [0.29, 0.717) is 6.10 Å². The molecule has 0 amide bonds. The summed E-state index contributed by atoms with van der Waals surface area (Å²) in [7, 11) is 1.81. The van der Waals surface area contributed by atoms with Gasteiger partial charge in [-0.05, 0) is 38.5 Å². The average molecular weight is 480 g/mol. The van der Waals surface area contributed by atoms with Gasteiger partial charge in [-0.1, -0.05) is 19.8 Å². The van der Waals surface area contributed by atoms with Crippen LogP contribution in [0, 0.1) is 5.92 Å². The van der Waals surface area contributed by atoms with Crippen molar-refractivity contribution in [3.8, 4) is 0 Å². The fourth-order valence-corrected chi connectivity index (χ4v) is 4.11. The predicted octanol–water partition coefficient (Wildman–Crippen LogP) is 3.97. The van der Waals surface area contributed by atoms with Crippen molar-refractivity contribution in [2.45, 2.75) is 65.0 Å². The zero-order chi connectivity index (χ0) is 17.2. The van der Waals surface area contributed by atoms with Crippen LogP contribution in [-0.2, 0) is 17.7 Å². The molecule has 0 bridgehead atoms. The maximum atomic E-state index is 5.98. The summed E-state index contributed by atoms with van der Waals surface area (Å²) in [6.07, 6.45) is 9.79. The molecule has 1 fully saturated rings. The second-order valence-electron chi connectivity index (χ2n) is 6.25. The Morgan fingerprint density at radius 1 is 1.36 bits per heavy atom. The van der Waals surface area contributed by atoms with Gasteiger partial charge in [0.2, 0.25) is 0 Å². The van der Waals surface area contributed by atoms with Crippen LogP contribution in [0.4, 0.5) is 0 Å². The normalized spacial score (nSPS) is 16.5. The lowest BCUT2D eigenvalue weighted by atomic mass is 9.98. The van der Waals surface area contributed by atoms with Gasteiger partial charge in [0.25, 0.3) is 0 Å². The van der Waals surface area contributed by atoms with Gasteiger partial charge in [0.05, 0.1) is 12.6 Å². The molecule has 1 aromatic heterocycles. The molecule has 1 aromatic rings. The van der Waals surface area contributed by atoms with E-state index in [1.807, 2.05) is 13.2 Å². The maximum absolute atomic E-state index is 5.98. The number of nitrogens with zero attached hydrogens (tertiary/aromatic N) is 2. The quantitative estimate of drug-likeness (QED) is 0.319. The van der Waals surface area contributed by atoms with E-state index in [2.05, 4.69) is 34.5 Å². The molecule has 0 aromatic carbocycles. The smallest absolute Gasteiger partial charge is 0.191 e. The summed E-state index contributed by atoms with van der Waals surface area (Å²) in [6, 6.07) is 0. The molecular formula is C18H33IN4OS. The van der Waals surface area contributed by atoms with Crippen molar-refractivity contribution in [1.29, 1.82) is 0 Å². The zero-order valence-corrected chi connectivity index (χ0v) is 18.9. The summed E-state index contributed by atoms with van der Waals surface area (Å²) >= 11 is 1.76. The van der Waals surface area contributed by atoms with E-state index < -0.39 is 0 Å². The monoisotopic (exact) mass is 480 g/mol. The summed E-state index contributed by atoms with van der Waals surface area (Å²) in [5.41, 5.74) is 0. The van der Waals surface area contributed by atoms with Crippen LogP contribution in [0.5, 0.6) is 0 Å². The highest BCUT2D eigenvalue weighted by molar-refractivity contribution is 14.0. The van der Waals surface area contributed by atoms with Crippen molar-refractivity contribution in [2.24, 2.45) is 10.9 Å². The third-order valence-corrected chi connectivity index (χ3v) is 5.75. The van der Waals surface area contributed by atoms with Gasteiger partial charge in [0, 0.05) is 31.3 Å². The molecule has 0 aliphatic heterocycles. The summed E-state index contributed by atoms with van der Waals surface area (Å²) in [4.78, 5) is 10.1. The van der Waals surface area contributed by atoms with E-state index in [-0.39, 0.29) is 24.0 Å². The van der Waals surface area contributed by atoms with E-state index in [1.54, 1.807) is 11.3 Å². The highest BCUT2D eigenvalue weighted by atomic mass is 127. The molecule has 144 valence electrons. The number of nitrogens with one attached hydrogen (secondary N) is 2. The number of halogens is 1. The minimum Gasteiger partial charge on any atom is -0.378 e. The third kappa shape index (κ3) is 7.78. The molecule has 2 N–H and O–H groups in total. The van der Waals surface area contributed by atoms with Crippen LogP contribution < -0.4 is 10.6 Å². The first-order valence-corrected chi connectivity index (χ1v) is 10.1. The second kappa shape index (κ2) is 12.9. The Bertz CT molecular complexity index is 503. The molecule has 1 aliphatic rings. The standard InChI is InChI=1S/C18H32N4OS.HI/c1-4-15-12-21-17(24-15)13-22-18(19-3)20-11-10-16(23-5-2)14-8-6-7-9-14;/h12,14,16H,4-11,13H2,1-3H3,(H2,19,20,22);1H. The first-order chi connectivity index (χ1) is 11.8. The van der Waals surface area contributed by atoms with Crippen LogP contribution in [0.1, 0.15) is 55.8 Å². The molecule has 1 saturated carbocycles. The molecule has 2 rings (SSSR count). The van der Waals surface area contributed by atoms with Crippen LogP contribution in [-0.4, -0.2) is 37.2 Å². The van der Waals surface area contributed by atoms with Gasteiger partial charge < -0.3 is 15.4 Å². The SMILES string of the molecule is CCOC(CCNC(=NC)NCc1ncc(CC)s1)C1CCCC1.I. The van der Waals surface area contributed by atoms with Gasteiger partial charge in [-0.3, -0.25) is 4.99 Å². The van der Waals surface area contributed by atoms with E-state index in [1.165, 1.54) is 30.6 Å². The number of hydrogen-bond acceptors (Lipinski definition) is 4. The predicted molar refractivity (Wildman–Crippen MR) is 117 cm³/mol. The largest absolute Gasteiger partial charge is 0.378 e. The van der Waals surface area contributed by atoms with Crippen LogP contribution in [0.3, 0.4) is 0 Å². The van der Waals surface area contributed by atoms with Crippen molar-refractivity contribution >= 4 is 41.3 Å². The summed E-state index contributed by atoms with van der Waals surface area (Å²) < 4.78 is 5.98. The van der Waals surface area contributed by atoms with Crippen molar-refractivity contribution in [3.05, 3.63) is 16.1 Å². The van der Waals surface area contributed by atoms with E-state index in [9.17, 15) is 0 Å². The number of rotatable bonds is 9. The van der Waals surface area contributed by atoms with Gasteiger partial charge in [-0.15, -0.1) is 35.3 Å². The Morgan fingerprint density at radius 3 is 2.72 bits per heavy atom. The Hall–Kier alpha value is -0.410. The van der Waals surface area contributed by atoms with E-state index in [4.69, 9.17) is 4.74 Å². The fraction of sp³-hybridized carbons (Fsp3) is 0.778. The molecule has 5 nitrogen and oxygen atoms in total. The minimum absolute atomic E-state index is 0. The minimum atomic E-state index is 0. The van der Waals surface area contributed by atoms with Gasteiger partial charge in [0.1, 0.15) is 5.01 Å². The number of hydrogen-bond donors (Lipinski definition) is 2. The molecule has 1 aliphatic carbocycles. The highest BCUT2D eigenvalue weighted by Crippen LogP contribution is 2.30. The number of thiazole rings is 1. The van der Waals surface area contributed by atoms with Gasteiger partial charge in [-0.2, -0.15) is 0 Å². The number of guanidine groups is 1. The summed E-state index contributed by atoms with van der Waals surface area (Å²) in [5.74, 6) is 1.58. The average Bonchev–Trinajstić information content (AvgIpc) is 3.28. The maximum Gasteiger partial charge on any atom is 0.191 e. The molecule has 0 radical (unpaired) electrons. The summed E-state index contributed by atoms with van der Waals surface area (Å²) in [5, 5.41) is 7.86. The van der Waals surface area contributed by atoms with Crippen molar-refractivity contribution < 1.29 is 4.74 Å². The topological polar surface area (TPSA) is 58.5 Å². The van der Waals surface area contributed by atoms with E-state index in [0.717, 1.165) is 49.4 Å². The van der Waals surface area contributed by atoms with Crippen LogP contribution in [0.2, 0.25) is 0 Å². The molecule has 0 spiro atoms. The number of aryl methyl sites for hydroxylation is 1. The van der Waals surface area contributed by atoms with Crippen molar-refractivity contribution in [3.63, 3.8) is 0 Å². The lowest BCUT2D eigenvalue weighted by Gasteiger charge is -2.23.